The third-order valence-corrected chi connectivity index (χ3v) is 7.06. The molecule has 0 radical (unpaired) electrons. The SMILES string of the molecule is O=C(Nc1ccc2[nH]c(=O)[nH]c2c1)c1ccc(C2SCCCS2)cc1. The Kier molecular flexibility index (Phi) is 4.59. The lowest BCUT2D eigenvalue weighted by molar-refractivity contribution is 0.102. The Morgan fingerprint density at radius 3 is 2.48 bits per heavy atom. The number of H-pyrrole nitrogens is 2. The van der Waals surface area contributed by atoms with Gasteiger partial charge in [-0.25, -0.2) is 4.79 Å². The maximum Gasteiger partial charge on any atom is 0.323 e. The molecule has 4 rings (SSSR count). The van der Waals surface area contributed by atoms with Crippen LogP contribution in [-0.4, -0.2) is 27.4 Å². The van der Waals surface area contributed by atoms with E-state index in [-0.39, 0.29) is 11.6 Å². The molecule has 3 N–H and O–H groups in total. The van der Waals surface area contributed by atoms with Crippen LogP contribution in [0.15, 0.2) is 47.3 Å². The highest BCUT2D eigenvalue weighted by atomic mass is 32.2. The van der Waals surface area contributed by atoms with E-state index in [1.54, 1.807) is 18.2 Å². The fourth-order valence-corrected chi connectivity index (χ4v) is 5.68. The van der Waals surface area contributed by atoms with Gasteiger partial charge in [0.15, 0.2) is 0 Å². The van der Waals surface area contributed by atoms with Gasteiger partial charge in [-0.2, -0.15) is 0 Å². The molecule has 1 aromatic heterocycles. The second-order valence-corrected chi connectivity index (χ2v) is 8.57. The molecule has 1 fully saturated rings. The first-order chi connectivity index (χ1) is 12.2. The van der Waals surface area contributed by atoms with Crippen LogP contribution in [0, 0.1) is 0 Å². The molecule has 0 unspecified atom stereocenters. The molecule has 7 heteroatoms. The summed E-state index contributed by atoms with van der Waals surface area (Å²) in [4.78, 5) is 29.1. The molecule has 0 atom stereocenters. The third kappa shape index (κ3) is 3.62. The Morgan fingerprint density at radius 1 is 1.00 bits per heavy atom. The van der Waals surface area contributed by atoms with Crippen molar-refractivity contribution in [2.45, 2.75) is 11.0 Å². The molecular weight excluding hydrogens is 354 g/mol. The molecule has 1 amide bonds. The minimum atomic E-state index is -0.257. The second-order valence-electron chi connectivity index (χ2n) is 5.84. The molecule has 0 aliphatic carbocycles. The van der Waals surface area contributed by atoms with E-state index in [0.29, 0.717) is 21.3 Å². The van der Waals surface area contributed by atoms with Crippen molar-refractivity contribution in [2.24, 2.45) is 0 Å². The van der Waals surface area contributed by atoms with Gasteiger partial charge in [-0.1, -0.05) is 12.1 Å². The average molecular weight is 371 g/mol. The summed E-state index contributed by atoms with van der Waals surface area (Å²) >= 11 is 3.93. The molecule has 2 heterocycles. The minimum Gasteiger partial charge on any atom is -0.322 e. The van der Waals surface area contributed by atoms with E-state index in [9.17, 15) is 9.59 Å². The van der Waals surface area contributed by atoms with Gasteiger partial charge in [0.2, 0.25) is 0 Å². The lowest BCUT2D eigenvalue weighted by Crippen LogP contribution is -2.12. The Bertz CT molecular complexity index is 956. The summed E-state index contributed by atoms with van der Waals surface area (Å²) < 4.78 is 0.471. The quantitative estimate of drug-likeness (QED) is 0.651. The second kappa shape index (κ2) is 7.01. The van der Waals surface area contributed by atoms with Crippen LogP contribution in [0.1, 0.15) is 26.9 Å². The molecule has 1 saturated heterocycles. The van der Waals surface area contributed by atoms with Crippen molar-refractivity contribution in [2.75, 3.05) is 16.8 Å². The molecule has 0 spiro atoms. The summed E-state index contributed by atoms with van der Waals surface area (Å²) in [6.07, 6.45) is 1.27. The number of hydrogen-bond donors (Lipinski definition) is 3. The van der Waals surface area contributed by atoms with Crippen LogP contribution in [0.25, 0.3) is 11.0 Å². The van der Waals surface area contributed by atoms with Crippen LogP contribution in [-0.2, 0) is 0 Å². The van der Waals surface area contributed by atoms with Crippen molar-refractivity contribution in [1.82, 2.24) is 9.97 Å². The first-order valence-corrected chi connectivity index (χ1v) is 10.2. The molecule has 1 aliphatic heterocycles. The molecule has 1 aliphatic rings. The molecule has 25 heavy (non-hydrogen) atoms. The predicted octanol–water partition coefficient (Wildman–Crippen LogP) is 3.98. The van der Waals surface area contributed by atoms with Crippen LogP contribution in [0.3, 0.4) is 0 Å². The van der Waals surface area contributed by atoms with Crippen molar-refractivity contribution < 1.29 is 4.79 Å². The molecule has 128 valence electrons. The van der Waals surface area contributed by atoms with E-state index in [4.69, 9.17) is 0 Å². The van der Waals surface area contributed by atoms with Gasteiger partial charge < -0.3 is 15.3 Å². The Morgan fingerprint density at radius 2 is 1.72 bits per heavy atom. The summed E-state index contributed by atoms with van der Waals surface area (Å²) in [6.45, 7) is 0. The van der Waals surface area contributed by atoms with Crippen molar-refractivity contribution in [1.29, 1.82) is 0 Å². The van der Waals surface area contributed by atoms with Gasteiger partial charge in [-0.3, -0.25) is 4.79 Å². The lowest BCUT2D eigenvalue weighted by Gasteiger charge is -2.21. The van der Waals surface area contributed by atoms with Crippen LogP contribution < -0.4 is 11.0 Å². The monoisotopic (exact) mass is 371 g/mol. The number of anilines is 1. The largest absolute Gasteiger partial charge is 0.323 e. The molecular formula is C18H17N3O2S2. The zero-order chi connectivity index (χ0) is 17.2. The number of amides is 1. The Hall–Kier alpha value is -2.12. The van der Waals surface area contributed by atoms with Gasteiger partial charge >= 0.3 is 5.69 Å². The molecule has 2 aromatic carbocycles. The van der Waals surface area contributed by atoms with Crippen molar-refractivity contribution in [3.63, 3.8) is 0 Å². The van der Waals surface area contributed by atoms with Crippen molar-refractivity contribution in [3.05, 3.63) is 64.1 Å². The number of hydrogen-bond acceptors (Lipinski definition) is 4. The fraction of sp³-hybridized carbons (Fsp3) is 0.222. The summed E-state index contributed by atoms with van der Waals surface area (Å²) in [7, 11) is 0. The van der Waals surface area contributed by atoms with Crippen LogP contribution in [0.5, 0.6) is 0 Å². The van der Waals surface area contributed by atoms with Gasteiger partial charge in [0.05, 0.1) is 15.6 Å². The van der Waals surface area contributed by atoms with E-state index < -0.39 is 0 Å². The van der Waals surface area contributed by atoms with E-state index in [0.717, 1.165) is 5.52 Å². The van der Waals surface area contributed by atoms with Crippen molar-refractivity contribution in [3.8, 4) is 0 Å². The first-order valence-electron chi connectivity index (χ1n) is 8.06. The number of carbonyl (C=O) groups excluding carboxylic acids is 1. The highest BCUT2D eigenvalue weighted by molar-refractivity contribution is 8.16. The summed E-state index contributed by atoms with van der Waals surface area (Å²) in [6, 6.07) is 13.1. The zero-order valence-electron chi connectivity index (χ0n) is 13.4. The van der Waals surface area contributed by atoms with Gasteiger partial charge in [-0.05, 0) is 53.8 Å². The van der Waals surface area contributed by atoms with E-state index in [1.165, 1.54) is 23.5 Å². The van der Waals surface area contributed by atoms with Crippen molar-refractivity contribution >= 4 is 46.2 Å². The average Bonchev–Trinajstić information content (AvgIpc) is 3.02. The van der Waals surface area contributed by atoms with Gasteiger partial charge in [0, 0.05) is 11.3 Å². The number of aromatic amines is 2. The summed E-state index contributed by atoms with van der Waals surface area (Å²) in [5.74, 6) is 2.24. The predicted molar refractivity (Wildman–Crippen MR) is 106 cm³/mol. The number of benzene rings is 2. The fourth-order valence-electron chi connectivity index (χ4n) is 2.79. The smallest absolute Gasteiger partial charge is 0.322 e. The summed E-state index contributed by atoms with van der Waals surface area (Å²) in [5.41, 5.74) is 3.66. The number of rotatable bonds is 3. The number of fused-ring (bicyclic) bond motifs is 1. The Balaban J connectivity index is 1.48. The molecule has 5 nitrogen and oxygen atoms in total. The molecule has 3 aromatic rings. The summed E-state index contributed by atoms with van der Waals surface area (Å²) in [5, 5.41) is 2.87. The molecule has 0 bridgehead atoms. The van der Waals surface area contributed by atoms with Gasteiger partial charge in [0.1, 0.15) is 0 Å². The van der Waals surface area contributed by atoms with Crippen LogP contribution in [0.2, 0.25) is 0 Å². The minimum absolute atomic E-state index is 0.160. The number of carbonyl (C=O) groups is 1. The number of thioether (sulfide) groups is 2. The lowest BCUT2D eigenvalue weighted by atomic mass is 10.1. The van der Waals surface area contributed by atoms with Crippen LogP contribution >= 0.6 is 23.5 Å². The Labute approximate surface area is 153 Å². The maximum atomic E-state index is 12.4. The molecule has 0 saturated carbocycles. The van der Waals surface area contributed by atoms with E-state index >= 15 is 0 Å². The highest BCUT2D eigenvalue weighted by Crippen LogP contribution is 2.43. The maximum absolute atomic E-state index is 12.4. The normalized spacial score (nSPS) is 15.4. The first kappa shape index (κ1) is 16.4. The van der Waals surface area contributed by atoms with E-state index in [2.05, 4.69) is 15.3 Å². The van der Waals surface area contributed by atoms with Gasteiger partial charge in [0.25, 0.3) is 5.91 Å². The van der Waals surface area contributed by atoms with E-state index in [1.807, 2.05) is 47.8 Å². The highest BCUT2D eigenvalue weighted by Gasteiger charge is 2.17. The number of nitrogens with one attached hydrogen (secondary N) is 3. The standard InChI is InChI=1S/C18H17N3O2S2/c22-16(19-13-6-7-14-15(10-13)21-18(23)20-14)11-2-4-12(5-3-11)17-24-8-1-9-25-17/h2-7,10,17H,1,8-9H2,(H,19,22)(H2,20,21,23). The topological polar surface area (TPSA) is 77.8 Å². The zero-order valence-corrected chi connectivity index (χ0v) is 15.0. The number of imidazole rings is 1. The van der Waals surface area contributed by atoms with Crippen LogP contribution in [0.4, 0.5) is 5.69 Å². The number of aromatic nitrogens is 2. The van der Waals surface area contributed by atoms with Gasteiger partial charge in [-0.15, -0.1) is 23.5 Å². The third-order valence-electron chi connectivity index (χ3n) is 4.05.